The molecule has 0 bridgehead atoms. The number of nitrogens with zero attached hydrogens (tertiary/aromatic N) is 3. The summed E-state index contributed by atoms with van der Waals surface area (Å²) in [4.78, 5) is 17.0. The predicted octanol–water partition coefficient (Wildman–Crippen LogP) is 3.40. The number of benzene rings is 2. The third-order valence-corrected chi connectivity index (χ3v) is 8.31. The number of carbonyl (C=O) groups is 1. The van der Waals surface area contributed by atoms with Gasteiger partial charge >= 0.3 is 0 Å². The van der Waals surface area contributed by atoms with E-state index in [0.717, 1.165) is 24.1 Å². The lowest BCUT2D eigenvalue weighted by atomic mass is 10.1. The smallest absolute Gasteiger partial charge is 0.257 e. The van der Waals surface area contributed by atoms with Gasteiger partial charge in [-0.15, -0.1) is 0 Å². The number of hydrogen-bond donors (Lipinski definition) is 0. The number of rotatable bonds is 5. The monoisotopic (exact) mass is 477 g/mol. The third kappa shape index (κ3) is 4.44. The Kier molecular flexibility index (Phi) is 6.65. The van der Waals surface area contributed by atoms with Crippen LogP contribution >= 0.6 is 11.6 Å². The number of carbonyl (C=O) groups excluding carboxylic acids is 1. The second kappa shape index (κ2) is 9.29. The number of sulfonamides is 1. The van der Waals surface area contributed by atoms with Gasteiger partial charge in [0.05, 0.1) is 17.6 Å². The number of halogens is 1. The van der Waals surface area contributed by atoms with Gasteiger partial charge in [0.2, 0.25) is 10.0 Å². The van der Waals surface area contributed by atoms with E-state index in [0.29, 0.717) is 55.6 Å². The van der Waals surface area contributed by atoms with E-state index in [1.54, 1.807) is 11.0 Å². The van der Waals surface area contributed by atoms with Crippen LogP contribution in [0.1, 0.15) is 28.8 Å². The van der Waals surface area contributed by atoms with E-state index in [1.165, 1.54) is 23.5 Å². The first-order valence-corrected chi connectivity index (χ1v) is 12.6. The molecule has 4 rings (SSSR count). The second-order valence-electron chi connectivity index (χ2n) is 8.18. The summed E-state index contributed by atoms with van der Waals surface area (Å²) in [5.74, 6) is 0.208. The van der Waals surface area contributed by atoms with Crippen LogP contribution in [-0.4, -0.2) is 69.9 Å². The first-order chi connectivity index (χ1) is 15.3. The summed E-state index contributed by atoms with van der Waals surface area (Å²) in [6, 6.07) is 10.3. The minimum Gasteiger partial charge on any atom is -0.496 e. The first-order valence-electron chi connectivity index (χ1n) is 10.8. The normalized spacial score (nSPS) is 17.6. The zero-order valence-corrected chi connectivity index (χ0v) is 20.0. The van der Waals surface area contributed by atoms with Gasteiger partial charge in [0, 0.05) is 50.0 Å². The van der Waals surface area contributed by atoms with Crippen molar-refractivity contribution in [3.05, 3.63) is 52.5 Å². The topological polar surface area (TPSA) is 70.2 Å². The van der Waals surface area contributed by atoms with Gasteiger partial charge in [-0.2, -0.15) is 4.31 Å². The van der Waals surface area contributed by atoms with Gasteiger partial charge in [-0.3, -0.25) is 4.79 Å². The van der Waals surface area contributed by atoms with E-state index in [1.807, 2.05) is 25.1 Å². The summed E-state index contributed by atoms with van der Waals surface area (Å²) < 4.78 is 33.6. The van der Waals surface area contributed by atoms with Gasteiger partial charge in [-0.1, -0.05) is 17.7 Å². The molecule has 7 nitrogen and oxygen atoms in total. The number of methoxy groups -OCH3 is 1. The molecule has 2 aromatic carbocycles. The SMILES string of the molecule is COc1ccc(S(=O)(=O)N2CCN(c3cc(Cl)ccc3C)CC2)cc1C(=O)N1CCCC1. The molecular weight excluding hydrogens is 450 g/mol. The maximum atomic E-state index is 13.4. The summed E-state index contributed by atoms with van der Waals surface area (Å²) in [7, 11) is -2.25. The van der Waals surface area contributed by atoms with Gasteiger partial charge in [0.1, 0.15) is 5.75 Å². The second-order valence-corrected chi connectivity index (χ2v) is 10.6. The Morgan fingerprint density at radius 2 is 1.66 bits per heavy atom. The number of amides is 1. The third-order valence-electron chi connectivity index (χ3n) is 6.18. The van der Waals surface area contributed by atoms with Crippen LogP contribution in [-0.2, 0) is 10.0 Å². The maximum Gasteiger partial charge on any atom is 0.257 e. The van der Waals surface area contributed by atoms with Crippen molar-refractivity contribution in [1.82, 2.24) is 9.21 Å². The lowest BCUT2D eigenvalue weighted by Gasteiger charge is -2.36. The Morgan fingerprint density at radius 1 is 0.969 bits per heavy atom. The molecule has 2 saturated heterocycles. The van der Waals surface area contributed by atoms with Gasteiger partial charge < -0.3 is 14.5 Å². The molecule has 1 amide bonds. The number of anilines is 1. The molecule has 0 spiro atoms. The van der Waals surface area contributed by atoms with Crippen molar-refractivity contribution in [2.45, 2.75) is 24.7 Å². The molecule has 0 saturated carbocycles. The molecule has 9 heteroatoms. The molecule has 172 valence electrons. The largest absolute Gasteiger partial charge is 0.496 e. The highest BCUT2D eigenvalue weighted by atomic mass is 35.5. The molecule has 2 aliphatic heterocycles. The zero-order chi connectivity index (χ0) is 22.9. The molecule has 0 N–H and O–H groups in total. The lowest BCUT2D eigenvalue weighted by Crippen LogP contribution is -2.48. The number of ether oxygens (including phenoxy) is 1. The minimum atomic E-state index is -3.74. The highest BCUT2D eigenvalue weighted by Crippen LogP contribution is 2.29. The van der Waals surface area contributed by atoms with Gasteiger partial charge in [-0.25, -0.2) is 8.42 Å². The Hall–Kier alpha value is -2.29. The van der Waals surface area contributed by atoms with Gasteiger partial charge in [0.15, 0.2) is 0 Å². The molecule has 0 aliphatic carbocycles. The van der Waals surface area contributed by atoms with E-state index < -0.39 is 10.0 Å². The minimum absolute atomic E-state index is 0.119. The van der Waals surface area contributed by atoms with Crippen molar-refractivity contribution >= 4 is 33.2 Å². The highest BCUT2D eigenvalue weighted by molar-refractivity contribution is 7.89. The molecule has 0 aromatic heterocycles. The fourth-order valence-corrected chi connectivity index (χ4v) is 5.96. The summed E-state index contributed by atoms with van der Waals surface area (Å²) in [5, 5.41) is 0.661. The molecule has 2 aliphatic rings. The fourth-order valence-electron chi connectivity index (χ4n) is 4.35. The van der Waals surface area contributed by atoms with Gasteiger partial charge in [-0.05, 0) is 55.7 Å². The number of aryl methyl sites for hydroxylation is 1. The summed E-state index contributed by atoms with van der Waals surface area (Å²) >= 11 is 6.16. The molecule has 2 heterocycles. The molecular formula is C23H28ClN3O4S. The van der Waals surface area contributed by atoms with E-state index in [4.69, 9.17) is 16.3 Å². The molecule has 2 aromatic rings. The van der Waals surface area contributed by atoms with Crippen molar-refractivity contribution in [3.63, 3.8) is 0 Å². The quantitative estimate of drug-likeness (QED) is 0.660. The van der Waals surface area contributed by atoms with E-state index in [2.05, 4.69) is 4.90 Å². The van der Waals surface area contributed by atoms with E-state index >= 15 is 0 Å². The maximum absolute atomic E-state index is 13.4. The van der Waals surface area contributed by atoms with Crippen LogP contribution in [0, 0.1) is 6.92 Å². The van der Waals surface area contributed by atoms with Crippen LogP contribution in [0.25, 0.3) is 0 Å². The average Bonchev–Trinajstić information content (AvgIpc) is 3.35. The Balaban J connectivity index is 1.54. The van der Waals surface area contributed by atoms with Crippen molar-refractivity contribution in [3.8, 4) is 5.75 Å². The molecule has 0 atom stereocenters. The van der Waals surface area contributed by atoms with Crippen LogP contribution in [0.15, 0.2) is 41.3 Å². The summed E-state index contributed by atoms with van der Waals surface area (Å²) in [6.07, 6.45) is 1.92. The number of hydrogen-bond acceptors (Lipinski definition) is 5. The standard InChI is InChI=1S/C23H28ClN3O4S/c1-17-5-6-18(24)15-21(17)25-11-13-27(14-12-25)32(29,30)19-7-8-22(31-2)20(16-19)23(28)26-9-3-4-10-26/h5-8,15-16H,3-4,9-14H2,1-2H3. The predicted molar refractivity (Wildman–Crippen MR) is 125 cm³/mol. The molecule has 0 unspecified atom stereocenters. The van der Waals surface area contributed by atoms with Crippen LogP contribution < -0.4 is 9.64 Å². The van der Waals surface area contributed by atoms with Crippen LogP contribution in [0.5, 0.6) is 5.75 Å². The highest BCUT2D eigenvalue weighted by Gasteiger charge is 2.31. The summed E-state index contributed by atoms with van der Waals surface area (Å²) in [6.45, 7) is 5.23. The molecule has 0 radical (unpaired) electrons. The molecule has 32 heavy (non-hydrogen) atoms. The number of piperazine rings is 1. The lowest BCUT2D eigenvalue weighted by molar-refractivity contribution is 0.0789. The summed E-state index contributed by atoms with van der Waals surface area (Å²) in [5.41, 5.74) is 2.42. The van der Waals surface area contributed by atoms with E-state index in [9.17, 15) is 13.2 Å². The van der Waals surface area contributed by atoms with E-state index in [-0.39, 0.29) is 10.8 Å². The van der Waals surface area contributed by atoms with Crippen molar-refractivity contribution in [2.24, 2.45) is 0 Å². The Morgan fingerprint density at radius 3 is 2.31 bits per heavy atom. The number of likely N-dealkylation sites (tertiary alicyclic amines) is 1. The van der Waals surface area contributed by atoms with Crippen LogP contribution in [0.2, 0.25) is 5.02 Å². The van der Waals surface area contributed by atoms with Crippen molar-refractivity contribution < 1.29 is 17.9 Å². The fraction of sp³-hybridized carbons (Fsp3) is 0.435. The first kappa shape index (κ1) is 22.9. The van der Waals surface area contributed by atoms with Crippen molar-refractivity contribution in [2.75, 3.05) is 51.3 Å². The molecule has 2 fully saturated rings. The van der Waals surface area contributed by atoms with Crippen LogP contribution in [0.4, 0.5) is 5.69 Å². The van der Waals surface area contributed by atoms with Crippen LogP contribution in [0.3, 0.4) is 0 Å². The van der Waals surface area contributed by atoms with Gasteiger partial charge in [0.25, 0.3) is 5.91 Å². The zero-order valence-electron chi connectivity index (χ0n) is 18.4. The Labute approximate surface area is 194 Å². The van der Waals surface area contributed by atoms with Crippen molar-refractivity contribution in [1.29, 1.82) is 0 Å². The Bertz CT molecular complexity index is 1110. The average molecular weight is 478 g/mol.